The first-order chi connectivity index (χ1) is 20.5. The highest BCUT2D eigenvalue weighted by atomic mass is 14.9. The molecule has 8 heteroatoms. The molecule has 0 saturated heterocycles. The van der Waals surface area contributed by atoms with E-state index in [2.05, 4.69) is 107 Å². The normalized spacial score (nSPS) is 11.3. The van der Waals surface area contributed by atoms with Crippen LogP contribution in [0.2, 0.25) is 0 Å². The van der Waals surface area contributed by atoms with Gasteiger partial charge in [-0.3, -0.25) is 0 Å². The topological polar surface area (TPSA) is 122 Å². The second-order valence-electron chi connectivity index (χ2n) is 10.5. The van der Waals surface area contributed by atoms with Gasteiger partial charge in [0.1, 0.15) is 18.0 Å². The van der Waals surface area contributed by atoms with Gasteiger partial charge < -0.3 is 15.7 Å². The summed E-state index contributed by atoms with van der Waals surface area (Å²) in [6.07, 6.45) is 5.39. The van der Waals surface area contributed by atoms with E-state index >= 15 is 0 Å². The number of nitrogens with two attached hydrogens (primary N) is 1. The number of hydrogen-bond acceptors (Lipinski definition) is 6. The summed E-state index contributed by atoms with van der Waals surface area (Å²) in [5.41, 5.74) is 12.3. The molecule has 42 heavy (non-hydrogen) atoms. The molecular weight excluding hydrogens is 520 g/mol. The third-order valence-electron chi connectivity index (χ3n) is 7.22. The molecule has 0 aliphatic rings. The highest BCUT2D eigenvalue weighted by Gasteiger charge is 2.16. The minimum absolute atomic E-state index is 0.293. The van der Waals surface area contributed by atoms with E-state index in [9.17, 15) is 0 Å². The van der Waals surface area contributed by atoms with E-state index in [0.29, 0.717) is 11.8 Å². The van der Waals surface area contributed by atoms with Crippen LogP contribution in [0.5, 0.6) is 0 Å². The van der Waals surface area contributed by atoms with Crippen LogP contribution >= 0.6 is 0 Å². The number of benzene rings is 3. The van der Waals surface area contributed by atoms with Crippen molar-refractivity contribution in [3.8, 4) is 22.5 Å². The quantitative estimate of drug-likeness (QED) is 0.188. The van der Waals surface area contributed by atoms with Crippen molar-refractivity contribution in [2.24, 2.45) is 5.73 Å². The predicted molar refractivity (Wildman–Crippen MR) is 175 cm³/mol. The number of pyridine rings is 1. The molecule has 7 aromatic rings. The van der Waals surface area contributed by atoms with Crippen LogP contribution in [-0.4, -0.2) is 41.9 Å². The molecule has 0 amide bonds. The molecule has 8 nitrogen and oxygen atoms in total. The minimum atomic E-state index is 0.293. The van der Waals surface area contributed by atoms with Gasteiger partial charge in [0.2, 0.25) is 0 Å². The van der Waals surface area contributed by atoms with Gasteiger partial charge in [0.05, 0.1) is 39.7 Å². The van der Waals surface area contributed by atoms with Crippen molar-refractivity contribution < 1.29 is 0 Å². The Morgan fingerprint density at radius 3 is 2.17 bits per heavy atom. The average molecular weight is 559 g/mol. The molecular formula is C34H38N8. The fraction of sp³-hybridized carbons (Fsp3) is 0.265. The molecule has 7 rings (SSSR count). The van der Waals surface area contributed by atoms with Crippen LogP contribution < -0.4 is 5.73 Å². The maximum Gasteiger partial charge on any atom is 0.116 e. The first-order valence-electron chi connectivity index (χ1n) is 14.6. The third kappa shape index (κ3) is 5.10. The molecule has 4 aromatic heterocycles. The Kier molecular flexibility index (Phi) is 8.27. The van der Waals surface area contributed by atoms with Crippen LogP contribution in [0.15, 0.2) is 67.3 Å². The van der Waals surface area contributed by atoms with E-state index in [1.807, 2.05) is 26.2 Å². The van der Waals surface area contributed by atoms with E-state index in [-0.39, 0.29) is 0 Å². The Morgan fingerprint density at radius 1 is 0.667 bits per heavy atom. The Labute approximate surface area is 245 Å². The van der Waals surface area contributed by atoms with Crippen molar-refractivity contribution in [1.82, 2.24) is 34.9 Å². The summed E-state index contributed by atoms with van der Waals surface area (Å²) >= 11 is 0. The van der Waals surface area contributed by atoms with Crippen molar-refractivity contribution in [2.45, 2.75) is 53.4 Å². The van der Waals surface area contributed by atoms with Gasteiger partial charge in [-0.15, -0.1) is 0 Å². The number of nitrogens with zero attached hydrogens (tertiary/aromatic N) is 5. The number of fused-ring (bicyclic) bond motifs is 7. The molecule has 4 N–H and O–H groups in total. The van der Waals surface area contributed by atoms with E-state index in [0.717, 1.165) is 77.8 Å². The smallest absolute Gasteiger partial charge is 0.116 e. The molecule has 4 heterocycles. The lowest BCUT2D eigenvalue weighted by Gasteiger charge is -2.09. The first kappa shape index (κ1) is 28.8. The van der Waals surface area contributed by atoms with Crippen molar-refractivity contribution in [3.63, 3.8) is 0 Å². The number of aromatic nitrogens is 7. The zero-order valence-corrected chi connectivity index (χ0v) is 25.3. The molecule has 214 valence electrons. The van der Waals surface area contributed by atoms with Gasteiger partial charge >= 0.3 is 0 Å². The Bertz CT molecular complexity index is 2000. The molecule has 0 unspecified atom stereocenters. The van der Waals surface area contributed by atoms with E-state index in [1.165, 1.54) is 7.05 Å². The maximum absolute atomic E-state index is 5.01. The summed E-state index contributed by atoms with van der Waals surface area (Å²) in [6, 6.07) is 17.0. The van der Waals surface area contributed by atoms with Crippen molar-refractivity contribution in [2.75, 3.05) is 7.05 Å². The van der Waals surface area contributed by atoms with Gasteiger partial charge in [-0.05, 0) is 36.7 Å². The summed E-state index contributed by atoms with van der Waals surface area (Å²) in [5, 5.41) is 4.25. The van der Waals surface area contributed by atoms with Gasteiger partial charge in [-0.25, -0.2) is 24.9 Å². The standard InChI is InChI=1S/C31H27N7.C2H6.CH5N/c1-16(2)30-33-14-26(36-30)19-7-10-24-18(11-19)6-9-25(35-24)20-5-8-21-22(12-20)23-13-32-15-34-27(23)29-28(21)37-31(38-29)17(3)4;2*1-2/h5-17H,1-4H3,(H,33,36)(H,37,38);1-2H3;2H2,1H3. The van der Waals surface area contributed by atoms with Gasteiger partial charge in [0.15, 0.2) is 0 Å². The number of aromatic amines is 2. The maximum atomic E-state index is 5.01. The van der Waals surface area contributed by atoms with Crippen molar-refractivity contribution in [1.29, 1.82) is 0 Å². The van der Waals surface area contributed by atoms with E-state index in [4.69, 9.17) is 9.97 Å². The summed E-state index contributed by atoms with van der Waals surface area (Å²) in [6.45, 7) is 12.6. The molecule has 3 aromatic carbocycles. The lowest BCUT2D eigenvalue weighted by Crippen LogP contribution is -1.90. The number of hydrogen-bond donors (Lipinski definition) is 3. The highest BCUT2D eigenvalue weighted by Crippen LogP contribution is 2.36. The van der Waals surface area contributed by atoms with E-state index in [1.54, 1.807) is 6.33 Å². The largest absolute Gasteiger partial charge is 0.342 e. The fourth-order valence-corrected chi connectivity index (χ4v) is 5.12. The van der Waals surface area contributed by atoms with Crippen LogP contribution in [0.1, 0.15) is 65.0 Å². The molecule has 0 spiro atoms. The average Bonchev–Trinajstić information content (AvgIpc) is 3.72. The second kappa shape index (κ2) is 12.0. The SMILES string of the molecule is CC.CC(C)c1ncc(-c2ccc3nc(-c4ccc5c(c4)c4cncnc4c4[nH]c(C(C)C)nc54)ccc3c2)[nH]1.CN. The monoisotopic (exact) mass is 558 g/mol. The fourth-order valence-electron chi connectivity index (χ4n) is 5.12. The predicted octanol–water partition coefficient (Wildman–Crippen LogP) is 8.11. The number of imidazole rings is 2. The third-order valence-corrected chi connectivity index (χ3v) is 7.22. The summed E-state index contributed by atoms with van der Waals surface area (Å²) < 4.78 is 0. The van der Waals surface area contributed by atoms with Crippen LogP contribution in [0, 0.1) is 0 Å². The highest BCUT2D eigenvalue weighted by molar-refractivity contribution is 6.22. The summed E-state index contributed by atoms with van der Waals surface area (Å²) in [7, 11) is 1.50. The van der Waals surface area contributed by atoms with Gasteiger partial charge in [-0.2, -0.15) is 0 Å². The molecule has 0 aliphatic heterocycles. The Balaban J connectivity index is 0.000000847. The number of nitrogens with one attached hydrogen (secondary N) is 2. The van der Waals surface area contributed by atoms with Crippen LogP contribution in [0.4, 0.5) is 0 Å². The van der Waals surface area contributed by atoms with Crippen LogP contribution in [0.3, 0.4) is 0 Å². The zero-order valence-electron chi connectivity index (χ0n) is 25.3. The van der Waals surface area contributed by atoms with Crippen LogP contribution in [0.25, 0.3) is 66.1 Å². The molecule has 0 fully saturated rings. The summed E-state index contributed by atoms with van der Waals surface area (Å²) in [5.74, 6) is 2.61. The Morgan fingerprint density at radius 2 is 1.43 bits per heavy atom. The molecule has 0 aliphatic carbocycles. The van der Waals surface area contributed by atoms with Crippen LogP contribution in [-0.2, 0) is 0 Å². The lowest BCUT2D eigenvalue weighted by molar-refractivity contribution is 0.795. The molecule has 0 radical (unpaired) electrons. The van der Waals surface area contributed by atoms with Crippen molar-refractivity contribution in [3.05, 3.63) is 78.9 Å². The minimum Gasteiger partial charge on any atom is -0.342 e. The number of H-pyrrole nitrogens is 2. The van der Waals surface area contributed by atoms with Gasteiger partial charge in [0.25, 0.3) is 0 Å². The first-order valence-corrected chi connectivity index (χ1v) is 14.6. The molecule has 0 bridgehead atoms. The second-order valence-corrected chi connectivity index (χ2v) is 10.5. The lowest BCUT2D eigenvalue weighted by atomic mass is 9.99. The Hall–Kier alpha value is -4.69. The molecule has 0 atom stereocenters. The van der Waals surface area contributed by atoms with Gasteiger partial charge in [0, 0.05) is 45.3 Å². The number of rotatable bonds is 4. The van der Waals surface area contributed by atoms with Crippen molar-refractivity contribution >= 4 is 43.6 Å². The zero-order chi connectivity index (χ0) is 30.0. The molecule has 0 saturated carbocycles. The summed E-state index contributed by atoms with van der Waals surface area (Å²) in [4.78, 5) is 30.3. The van der Waals surface area contributed by atoms with Gasteiger partial charge in [-0.1, -0.05) is 65.8 Å². The van der Waals surface area contributed by atoms with E-state index < -0.39 is 0 Å².